The first-order chi connectivity index (χ1) is 18.5. The van der Waals surface area contributed by atoms with E-state index in [1.54, 1.807) is 43.5 Å². The smallest absolute Gasteiger partial charge is 0.328 e. The zero-order valence-electron chi connectivity index (χ0n) is 23.3. The van der Waals surface area contributed by atoms with Crippen LogP contribution in [0, 0.1) is 11.8 Å². The fraction of sp³-hybridized carbons (Fsp3) is 0.464. The lowest BCUT2D eigenvalue weighted by atomic mass is 10.0. The summed E-state index contributed by atoms with van der Waals surface area (Å²) in [5.41, 5.74) is 7.82. The van der Waals surface area contributed by atoms with E-state index >= 15 is 0 Å². The van der Waals surface area contributed by atoms with Crippen molar-refractivity contribution >= 4 is 29.9 Å². The molecule has 1 fully saturated rings. The number of likely N-dealkylation sites (N-methyl/N-ethyl adjacent to an activating group) is 1. The quantitative estimate of drug-likeness (QED) is 0.283. The van der Waals surface area contributed by atoms with Gasteiger partial charge in [-0.15, -0.1) is 0 Å². The maximum Gasteiger partial charge on any atom is 0.328 e. The molecule has 2 aromatic rings. The van der Waals surface area contributed by atoms with Crippen molar-refractivity contribution < 1.29 is 19.1 Å². The molecule has 3 amide bonds. The number of piperazine rings is 1. The Labute approximate surface area is 229 Å². The van der Waals surface area contributed by atoms with Gasteiger partial charge in [0.2, 0.25) is 5.91 Å². The van der Waals surface area contributed by atoms with Gasteiger partial charge in [0, 0.05) is 57.7 Å². The summed E-state index contributed by atoms with van der Waals surface area (Å²) in [7, 11) is 5.10. The average Bonchev–Trinajstić information content (AvgIpc) is 2.89. The molecule has 1 aliphatic rings. The maximum atomic E-state index is 13.0. The minimum Gasteiger partial charge on any atom is -0.385 e. The van der Waals surface area contributed by atoms with Crippen molar-refractivity contribution in [2.45, 2.75) is 38.8 Å². The third-order valence-electron chi connectivity index (χ3n) is 6.17. The Kier molecular flexibility index (Phi) is 10.1. The Balaban J connectivity index is 1.75. The van der Waals surface area contributed by atoms with E-state index in [0.717, 1.165) is 24.1 Å². The number of hydrogen-bond donors (Lipinski definition) is 2. The predicted molar refractivity (Wildman–Crippen MR) is 150 cm³/mol. The normalized spacial score (nSPS) is 14.0. The second kappa shape index (κ2) is 13.3. The van der Waals surface area contributed by atoms with Crippen molar-refractivity contribution in [2.75, 3.05) is 57.7 Å². The molecule has 1 saturated heterocycles. The highest BCUT2D eigenvalue weighted by atomic mass is 16.5. The van der Waals surface area contributed by atoms with Crippen LogP contribution in [0.3, 0.4) is 0 Å². The van der Waals surface area contributed by atoms with Gasteiger partial charge in [-0.3, -0.25) is 24.7 Å². The fourth-order valence-electron chi connectivity index (χ4n) is 3.93. The number of carbonyl (C=O) groups excluding carboxylic acids is 3. The molecule has 3 N–H and O–H groups in total. The summed E-state index contributed by atoms with van der Waals surface area (Å²) >= 11 is 0. The number of pyridine rings is 2. The summed E-state index contributed by atoms with van der Waals surface area (Å²) in [6.07, 6.45) is 3.72. The Morgan fingerprint density at radius 2 is 2.08 bits per heavy atom. The van der Waals surface area contributed by atoms with Crippen LogP contribution in [0.4, 0.5) is 16.4 Å². The van der Waals surface area contributed by atoms with Gasteiger partial charge in [-0.2, -0.15) is 0 Å². The zero-order valence-corrected chi connectivity index (χ0v) is 23.3. The molecule has 3 heterocycles. The second-order valence-corrected chi connectivity index (χ2v) is 10.2. The summed E-state index contributed by atoms with van der Waals surface area (Å²) in [4.78, 5) is 50.9. The van der Waals surface area contributed by atoms with Crippen LogP contribution < -0.4 is 16.0 Å². The number of nitrogens with one attached hydrogen (secondary N) is 1. The van der Waals surface area contributed by atoms with Crippen LogP contribution in [0.5, 0.6) is 0 Å². The SMILES string of the molecule is COCCCc1cc(NC(=O)N(C)c2ccc(CN3CCN(C)CC3=O)c(C=O)n2)ncc1C#CC(C)(C)N. The van der Waals surface area contributed by atoms with Gasteiger partial charge < -0.3 is 15.4 Å². The second-order valence-electron chi connectivity index (χ2n) is 10.2. The van der Waals surface area contributed by atoms with Gasteiger partial charge in [0.15, 0.2) is 6.29 Å². The van der Waals surface area contributed by atoms with Gasteiger partial charge in [-0.1, -0.05) is 17.9 Å². The third-order valence-corrected chi connectivity index (χ3v) is 6.17. The van der Waals surface area contributed by atoms with Crippen molar-refractivity contribution in [1.82, 2.24) is 19.8 Å². The number of anilines is 2. The molecule has 39 heavy (non-hydrogen) atoms. The summed E-state index contributed by atoms with van der Waals surface area (Å²) in [5.74, 6) is 6.75. The molecule has 3 rings (SSSR count). The van der Waals surface area contributed by atoms with Gasteiger partial charge in [0.05, 0.1) is 12.1 Å². The number of aldehydes is 1. The van der Waals surface area contributed by atoms with Crippen molar-refractivity contribution in [3.63, 3.8) is 0 Å². The van der Waals surface area contributed by atoms with Crippen molar-refractivity contribution in [1.29, 1.82) is 0 Å². The monoisotopic (exact) mass is 535 g/mol. The summed E-state index contributed by atoms with van der Waals surface area (Å²) < 4.78 is 5.17. The Morgan fingerprint density at radius 1 is 1.31 bits per heavy atom. The number of urea groups is 1. The number of aromatic nitrogens is 2. The molecule has 0 spiro atoms. The van der Waals surface area contributed by atoms with Crippen LogP contribution >= 0.6 is 0 Å². The Morgan fingerprint density at radius 3 is 2.74 bits per heavy atom. The summed E-state index contributed by atoms with van der Waals surface area (Å²) in [6, 6.07) is 4.69. The van der Waals surface area contributed by atoms with E-state index in [-0.39, 0.29) is 24.0 Å². The van der Waals surface area contributed by atoms with Gasteiger partial charge >= 0.3 is 6.03 Å². The number of aryl methyl sites for hydroxylation is 1. The lowest BCUT2D eigenvalue weighted by molar-refractivity contribution is -0.136. The molecule has 0 bridgehead atoms. The molecule has 1 aliphatic heterocycles. The van der Waals surface area contributed by atoms with Crippen molar-refractivity contribution in [2.24, 2.45) is 5.73 Å². The number of rotatable bonds is 9. The molecule has 11 heteroatoms. The molecule has 11 nitrogen and oxygen atoms in total. The van der Waals surface area contributed by atoms with E-state index in [2.05, 4.69) is 27.1 Å². The van der Waals surface area contributed by atoms with Crippen LogP contribution in [0.15, 0.2) is 24.4 Å². The standard InChI is InChI=1S/C28H37N7O4/c1-28(2,29)11-10-21-16-30-24(15-20(21)7-6-14-39-5)32-27(38)34(4)25-9-8-22(23(19-36)31-25)17-35-13-12-33(3)18-26(35)37/h8-9,15-16,19H,6-7,12-14,17-18,29H2,1-5H3,(H,30,32,38). The van der Waals surface area contributed by atoms with E-state index in [9.17, 15) is 14.4 Å². The highest BCUT2D eigenvalue weighted by molar-refractivity contribution is 6.00. The first kappa shape index (κ1) is 29.7. The highest BCUT2D eigenvalue weighted by Gasteiger charge is 2.23. The van der Waals surface area contributed by atoms with Gasteiger partial charge in [-0.05, 0) is 51.4 Å². The van der Waals surface area contributed by atoms with Gasteiger partial charge in [0.1, 0.15) is 17.3 Å². The van der Waals surface area contributed by atoms with Gasteiger partial charge in [-0.25, -0.2) is 14.8 Å². The highest BCUT2D eigenvalue weighted by Crippen LogP contribution is 2.19. The molecule has 0 saturated carbocycles. The summed E-state index contributed by atoms with van der Waals surface area (Å²) in [6.45, 7) is 6.20. The molecule has 208 valence electrons. The lowest BCUT2D eigenvalue weighted by Crippen LogP contribution is -2.48. The number of hydrogen-bond acceptors (Lipinski definition) is 8. The Bertz CT molecular complexity index is 1260. The minimum absolute atomic E-state index is 0.000926. The molecule has 0 atom stereocenters. The van der Waals surface area contributed by atoms with Crippen LogP contribution in [0.1, 0.15) is 47.4 Å². The van der Waals surface area contributed by atoms with E-state index in [1.807, 2.05) is 25.8 Å². The number of methoxy groups -OCH3 is 1. The summed E-state index contributed by atoms with van der Waals surface area (Å²) in [5, 5.41) is 2.78. The largest absolute Gasteiger partial charge is 0.385 e. The predicted octanol–water partition coefficient (Wildman–Crippen LogP) is 1.90. The number of amides is 3. The fourth-order valence-corrected chi connectivity index (χ4v) is 3.93. The molecular formula is C28H37N7O4. The van der Waals surface area contributed by atoms with Crippen LogP contribution in [0.25, 0.3) is 0 Å². The van der Waals surface area contributed by atoms with E-state index in [1.165, 1.54) is 4.90 Å². The topological polar surface area (TPSA) is 134 Å². The average molecular weight is 536 g/mol. The van der Waals surface area contributed by atoms with Crippen molar-refractivity contribution in [3.05, 3.63) is 46.8 Å². The van der Waals surface area contributed by atoms with E-state index in [4.69, 9.17) is 10.5 Å². The third kappa shape index (κ3) is 8.58. The van der Waals surface area contributed by atoms with Crippen LogP contribution in [-0.4, -0.2) is 91.0 Å². The van der Waals surface area contributed by atoms with Gasteiger partial charge in [0.25, 0.3) is 0 Å². The molecule has 0 unspecified atom stereocenters. The van der Waals surface area contributed by atoms with Crippen LogP contribution in [0.2, 0.25) is 0 Å². The molecular weight excluding hydrogens is 498 g/mol. The minimum atomic E-state index is -0.650. The number of nitrogens with zero attached hydrogens (tertiary/aromatic N) is 5. The molecule has 0 radical (unpaired) electrons. The van der Waals surface area contributed by atoms with E-state index in [0.29, 0.717) is 43.8 Å². The maximum absolute atomic E-state index is 13.0. The number of nitrogens with two attached hydrogens (primary N) is 1. The van der Waals surface area contributed by atoms with Crippen LogP contribution in [-0.2, 0) is 22.5 Å². The Hall–Kier alpha value is -3.85. The molecule has 2 aromatic heterocycles. The van der Waals surface area contributed by atoms with Crippen molar-refractivity contribution in [3.8, 4) is 11.8 Å². The number of ether oxygens (including phenoxy) is 1. The number of carbonyl (C=O) groups is 3. The molecule has 0 aliphatic carbocycles. The van der Waals surface area contributed by atoms with E-state index < -0.39 is 11.6 Å². The first-order valence-corrected chi connectivity index (χ1v) is 12.8. The zero-order chi connectivity index (χ0) is 28.6. The first-order valence-electron chi connectivity index (χ1n) is 12.8. The molecule has 0 aromatic carbocycles. The lowest BCUT2D eigenvalue weighted by Gasteiger charge is -2.32.